The minimum atomic E-state index is -0.470. The predicted molar refractivity (Wildman–Crippen MR) is 168 cm³/mol. The van der Waals surface area contributed by atoms with Gasteiger partial charge in [-0.15, -0.1) is 11.8 Å². The van der Waals surface area contributed by atoms with Crippen molar-refractivity contribution >= 4 is 44.8 Å². The molecule has 200 valence electrons. The molecule has 0 radical (unpaired) electrons. The maximum Gasteiger partial charge on any atom is 0.336 e. The lowest BCUT2D eigenvalue weighted by Crippen LogP contribution is -2.23. The number of nitrogens with zero attached hydrogens (tertiary/aromatic N) is 2. The van der Waals surface area contributed by atoms with E-state index in [0.29, 0.717) is 12.0 Å². The zero-order valence-electron chi connectivity index (χ0n) is 23.2. The average molecular weight is 555 g/mol. The Kier molecular flexibility index (Phi) is 8.94. The molecule has 0 aliphatic rings. The molecule has 0 N–H and O–H groups in total. The average Bonchev–Trinajstić information content (AvgIpc) is 2.92. The number of hydrogen-bond donors (Lipinski definition) is 0. The van der Waals surface area contributed by atoms with Gasteiger partial charge in [0.1, 0.15) is 5.58 Å². The van der Waals surface area contributed by atoms with Gasteiger partial charge in [-0.1, -0.05) is 66.8 Å². The van der Waals surface area contributed by atoms with E-state index < -0.39 is 5.41 Å². The van der Waals surface area contributed by atoms with Crippen LogP contribution in [0.15, 0.2) is 82.0 Å². The smallest absolute Gasteiger partial charge is 0.336 e. The molecule has 39 heavy (non-hydrogen) atoms. The fourth-order valence-electron chi connectivity index (χ4n) is 4.74. The Hall–Kier alpha value is -3.40. The third kappa shape index (κ3) is 6.98. The number of thioether (sulfide) groups is 1. The maximum atomic E-state index is 12.0. The van der Waals surface area contributed by atoms with Crippen molar-refractivity contribution in [3.8, 4) is 6.07 Å². The summed E-state index contributed by atoms with van der Waals surface area (Å²) in [6.45, 7) is 11.7. The summed E-state index contributed by atoms with van der Waals surface area (Å²) in [4.78, 5) is 14.3. The molecule has 0 saturated carbocycles. The summed E-state index contributed by atoms with van der Waals surface area (Å²) in [6, 6.07) is 26.8. The molecule has 4 rings (SSSR count). The fourth-order valence-corrected chi connectivity index (χ4v) is 6.54. The highest BCUT2D eigenvalue weighted by Gasteiger charge is 2.26. The molecule has 0 spiro atoms. The van der Waals surface area contributed by atoms with E-state index >= 15 is 0 Å². The summed E-state index contributed by atoms with van der Waals surface area (Å²) >= 11 is 7.44. The number of hydrogen-bond acceptors (Lipinski definition) is 6. The molecule has 6 heteroatoms. The molecule has 3 aromatic carbocycles. The molecule has 0 amide bonds. The highest BCUT2D eigenvalue weighted by Crippen LogP contribution is 2.41. The van der Waals surface area contributed by atoms with Crippen molar-refractivity contribution < 1.29 is 4.42 Å². The molecular formula is C33H34N2O2S2. The minimum Gasteiger partial charge on any atom is -0.423 e. The van der Waals surface area contributed by atoms with Crippen LogP contribution in [0.2, 0.25) is 0 Å². The van der Waals surface area contributed by atoms with Gasteiger partial charge in [0.05, 0.1) is 15.7 Å². The topological polar surface area (TPSA) is 57.2 Å². The first-order valence-electron chi connectivity index (χ1n) is 13.2. The lowest BCUT2D eigenvalue weighted by molar-refractivity contribution is 0.448. The van der Waals surface area contributed by atoms with Crippen LogP contribution in [0, 0.1) is 30.6 Å². The Morgan fingerprint density at radius 1 is 1.05 bits per heavy atom. The van der Waals surface area contributed by atoms with E-state index in [-0.39, 0.29) is 10.9 Å². The number of anilines is 1. The van der Waals surface area contributed by atoms with Crippen molar-refractivity contribution in [2.45, 2.75) is 52.8 Å². The highest BCUT2D eigenvalue weighted by atomic mass is 32.2. The first kappa shape index (κ1) is 28.6. The van der Waals surface area contributed by atoms with Gasteiger partial charge in [-0.2, -0.15) is 5.26 Å². The van der Waals surface area contributed by atoms with Crippen LogP contribution >= 0.6 is 24.0 Å². The minimum absolute atomic E-state index is 0.0672. The largest absolute Gasteiger partial charge is 0.423 e. The summed E-state index contributed by atoms with van der Waals surface area (Å²) in [5.41, 5.74) is 6.31. The van der Waals surface area contributed by atoms with Crippen LogP contribution in [0.1, 0.15) is 60.3 Å². The molecule has 0 aliphatic carbocycles. The molecule has 1 aromatic heterocycles. The highest BCUT2D eigenvalue weighted by molar-refractivity contribution is 8.23. The SMILES string of the molecule is CCN(Cc1ccc(C(CC(C)(C)C#N)SC(=S)c2ccccc2)cc1)c1cc2oc(=O)cc(C)c2cc1C. The molecule has 1 unspecified atom stereocenters. The van der Waals surface area contributed by atoms with E-state index in [4.69, 9.17) is 16.6 Å². The van der Waals surface area contributed by atoms with Crippen molar-refractivity contribution in [1.29, 1.82) is 5.26 Å². The second-order valence-corrected chi connectivity index (χ2v) is 12.5. The van der Waals surface area contributed by atoms with Crippen molar-refractivity contribution in [3.63, 3.8) is 0 Å². The van der Waals surface area contributed by atoms with E-state index in [2.05, 4.69) is 55.1 Å². The van der Waals surface area contributed by atoms with Crippen molar-refractivity contribution in [2.24, 2.45) is 5.41 Å². The van der Waals surface area contributed by atoms with Gasteiger partial charge in [0.15, 0.2) is 0 Å². The number of benzene rings is 3. The van der Waals surface area contributed by atoms with E-state index in [1.165, 1.54) is 11.6 Å². The molecule has 0 fully saturated rings. The third-order valence-electron chi connectivity index (χ3n) is 6.97. The van der Waals surface area contributed by atoms with E-state index in [1.807, 2.05) is 57.2 Å². The lowest BCUT2D eigenvalue weighted by atomic mass is 9.87. The molecule has 1 heterocycles. The molecule has 0 saturated heterocycles. The Labute approximate surface area is 240 Å². The van der Waals surface area contributed by atoms with Gasteiger partial charge < -0.3 is 9.32 Å². The van der Waals surface area contributed by atoms with Gasteiger partial charge in [-0.25, -0.2) is 4.79 Å². The summed E-state index contributed by atoms with van der Waals surface area (Å²) < 4.78 is 6.36. The summed E-state index contributed by atoms with van der Waals surface area (Å²) in [5.74, 6) is 0. The first-order chi connectivity index (χ1) is 18.6. The summed E-state index contributed by atoms with van der Waals surface area (Å²) in [6.07, 6.45) is 0.697. The van der Waals surface area contributed by atoms with E-state index in [1.54, 1.807) is 11.8 Å². The Bertz CT molecular complexity index is 1570. The lowest BCUT2D eigenvalue weighted by Gasteiger charge is -2.27. The summed E-state index contributed by atoms with van der Waals surface area (Å²) in [5, 5.41) is 10.8. The van der Waals surface area contributed by atoms with Crippen LogP contribution in [-0.2, 0) is 6.54 Å². The second kappa shape index (κ2) is 12.2. The zero-order chi connectivity index (χ0) is 28.2. The fraction of sp³-hybridized carbons (Fsp3) is 0.303. The van der Waals surface area contributed by atoms with Crippen LogP contribution in [0.4, 0.5) is 5.69 Å². The van der Waals surface area contributed by atoms with Crippen molar-refractivity contribution in [2.75, 3.05) is 11.4 Å². The molecule has 4 nitrogen and oxygen atoms in total. The van der Waals surface area contributed by atoms with Gasteiger partial charge in [0, 0.05) is 41.5 Å². The van der Waals surface area contributed by atoms with Crippen LogP contribution < -0.4 is 10.5 Å². The van der Waals surface area contributed by atoms with E-state index in [0.717, 1.165) is 50.6 Å². The Morgan fingerprint density at radius 2 is 1.74 bits per heavy atom. The quantitative estimate of drug-likeness (QED) is 0.153. The molecule has 0 aliphatic heterocycles. The molecule has 0 bridgehead atoms. The number of thiocarbonyl (C=S) groups is 1. The van der Waals surface area contributed by atoms with Crippen LogP contribution in [0.5, 0.6) is 0 Å². The first-order valence-corrected chi connectivity index (χ1v) is 14.4. The van der Waals surface area contributed by atoms with Crippen molar-refractivity contribution in [1.82, 2.24) is 0 Å². The third-order valence-corrected chi connectivity index (χ3v) is 8.67. The molecular weight excluding hydrogens is 521 g/mol. The Morgan fingerprint density at radius 3 is 2.38 bits per heavy atom. The van der Waals surface area contributed by atoms with Gasteiger partial charge in [-0.05, 0) is 74.9 Å². The Balaban J connectivity index is 1.58. The number of nitriles is 1. The number of rotatable bonds is 9. The molecule has 1 atom stereocenters. The van der Waals surface area contributed by atoms with E-state index in [9.17, 15) is 10.1 Å². The predicted octanol–water partition coefficient (Wildman–Crippen LogP) is 8.53. The van der Waals surface area contributed by atoms with Gasteiger partial charge in [0.2, 0.25) is 0 Å². The number of fused-ring (bicyclic) bond motifs is 1. The zero-order valence-corrected chi connectivity index (χ0v) is 24.8. The second-order valence-electron chi connectivity index (χ2n) is 10.6. The number of aryl methyl sites for hydroxylation is 2. The monoisotopic (exact) mass is 554 g/mol. The normalized spacial score (nSPS) is 12.2. The van der Waals surface area contributed by atoms with Crippen molar-refractivity contribution in [3.05, 3.63) is 111 Å². The standard InChI is InChI=1S/C33H34N2O2S2/c1-6-35(28-18-29-27(16-23(28)3)22(2)17-31(36)37-29)20-24-12-14-25(15-13-24)30(19-33(4,5)21-34)39-32(38)26-10-8-7-9-11-26/h7-18,30H,6,19-20H2,1-5H3. The van der Waals surface area contributed by atoms with Crippen LogP contribution in [-0.4, -0.2) is 10.7 Å². The summed E-state index contributed by atoms with van der Waals surface area (Å²) in [7, 11) is 0. The van der Waals surface area contributed by atoms with Gasteiger partial charge in [-0.3, -0.25) is 0 Å². The van der Waals surface area contributed by atoms with Gasteiger partial charge >= 0.3 is 5.63 Å². The van der Waals surface area contributed by atoms with Gasteiger partial charge in [0.25, 0.3) is 0 Å². The van der Waals surface area contributed by atoms with Crippen LogP contribution in [0.3, 0.4) is 0 Å². The maximum absolute atomic E-state index is 12.0. The van der Waals surface area contributed by atoms with Crippen LogP contribution in [0.25, 0.3) is 11.0 Å². The molecule has 4 aromatic rings.